The van der Waals surface area contributed by atoms with Crippen molar-refractivity contribution in [3.05, 3.63) is 61.1 Å². The molecular weight excluding hydrogens is 344 g/mol. The standard InChI is InChI=1S/C18H18N8O/c27-17(15-13-19-5-6-20-15)24-14-11-22-18(23-12-14)26-9-7-25(8-10-26)16-3-1-2-4-21-16/h1-6,11-13H,7-10H2,(H,24,27). The zero-order valence-corrected chi connectivity index (χ0v) is 14.6. The van der Waals surface area contributed by atoms with Crippen LogP contribution in [0.4, 0.5) is 17.5 Å². The minimum atomic E-state index is -0.344. The zero-order chi connectivity index (χ0) is 18.5. The van der Waals surface area contributed by atoms with E-state index in [9.17, 15) is 4.79 Å². The minimum Gasteiger partial charge on any atom is -0.353 e. The van der Waals surface area contributed by atoms with Crippen molar-refractivity contribution in [1.82, 2.24) is 24.9 Å². The van der Waals surface area contributed by atoms with Crippen LogP contribution in [0.25, 0.3) is 0 Å². The summed E-state index contributed by atoms with van der Waals surface area (Å²) < 4.78 is 0. The van der Waals surface area contributed by atoms with Gasteiger partial charge in [0.15, 0.2) is 0 Å². The van der Waals surface area contributed by atoms with Gasteiger partial charge in [0.25, 0.3) is 5.91 Å². The van der Waals surface area contributed by atoms with Crippen molar-refractivity contribution in [3.8, 4) is 0 Å². The second kappa shape index (κ2) is 7.73. The summed E-state index contributed by atoms with van der Waals surface area (Å²) in [4.78, 5) is 37.4. The van der Waals surface area contributed by atoms with Crippen LogP contribution in [0.1, 0.15) is 10.5 Å². The summed E-state index contributed by atoms with van der Waals surface area (Å²) in [5.41, 5.74) is 0.758. The number of carbonyl (C=O) groups excluding carboxylic acids is 1. The van der Waals surface area contributed by atoms with Gasteiger partial charge < -0.3 is 15.1 Å². The molecule has 9 nitrogen and oxygen atoms in total. The number of aromatic nitrogens is 5. The summed E-state index contributed by atoms with van der Waals surface area (Å²) >= 11 is 0. The number of nitrogens with zero attached hydrogens (tertiary/aromatic N) is 7. The average molecular weight is 362 g/mol. The van der Waals surface area contributed by atoms with E-state index in [1.54, 1.807) is 18.6 Å². The molecule has 1 aliphatic rings. The second-order valence-corrected chi connectivity index (χ2v) is 5.98. The highest BCUT2D eigenvalue weighted by molar-refractivity contribution is 6.02. The lowest BCUT2D eigenvalue weighted by atomic mass is 10.3. The zero-order valence-electron chi connectivity index (χ0n) is 14.6. The highest BCUT2D eigenvalue weighted by atomic mass is 16.1. The number of pyridine rings is 1. The van der Waals surface area contributed by atoms with Gasteiger partial charge in [0, 0.05) is 44.8 Å². The molecule has 0 saturated carbocycles. The van der Waals surface area contributed by atoms with Gasteiger partial charge in [-0.3, -0.25) is 9.78 Å². The lowest BCUT2D eigenvalue weighted by Gasteiger charge is -2.35. The number of piperazine rings is 1. The maximum atomic E-state index is 12.1. The Kier molecular flexibility index (Phi) is 4.82. The normalized spacial score (nSPS) is 14.1. The lowest BCUT2D eigenvalue weighted by Crippen LogP contribution is -2.47. The molecule has 0 bridgehead atoms. The molecule has 0 spiro atoms. The second-order valence-electron chi connectivity index (χ2n) is 5.98. The molecule has 27 heavy (non-hydrogen) atoms. The molecule has 0 radical (unpaired) electrons. The molecule has 9 heteroatoms. The van der Waals surface area contributed by atoms with Crippen LogP contribution in [0.15, 0.2) is 55.4 Å². The Labute approximate surface area is 156 Å². The van der Waals surface area contributed by atoms with Crippen molar-refractivity contribution < 1.29 is 4.79 Å². The third-order valence-electron chi connectivity index (χ3n) is 4.23. The van der Waals surface area contributed by atoms with Gasteiger partial charge in [0.1, 0.15) is 11.5 Å². The van der Waals surface area contributed by atoms with Crippen molar-refractivity contribution in [2.75, 3.05) is 41.3 Å². The summed E-state index contributed by atoms with van der Waals surface area (Å²) in [5.74, 6) is 1.29. The van der Waals surface area contributed by atoms with Crippen molar-refractivity contribution in [1.29, 1.82) is 0 Å². The fourth-order valence-corrected chi connectivity index (χ4v) is 2.84. The van der Waals surface area contributed by atoms with Crippen LogP contribution < -0.4 is 15.1 Å². The average Bonchev–Trinajstić information content (AvgIpc) is 2.76. The quantitative estimate of drug-likeness (QED) is 0.740. The van der Waals surface area contributed by atoms with Gasteiger partial charge in [0.05, 0.1) is 24.3 Å². The van der Waals surface area contributed by atoms with Crippen molar-refractivity contribution in [2.24, 2.45) is 0 Å². The third-order valence-corrected chi connectivity index (χ3v) is 4.23. The first-order valence-corrected chi connectivity index (χ1v) is 8.60. The largest absolute Gasteiger partial charge is 0.353 e. The van der Waals surface area contributed by atoms with E-state index in [0.717, 1.165) is 32.0 Å². The van der Waals surface area contributed by atoms with E-state index in [2.05, 4.69) is 40.0 Å². The SMILES string of the molecule is O=C(Nc1cnc(N2CCN(c3ccccn3)CC2)nc1)c1cnccn1. The van der Waals surface area contributed by atoms with E-state index in [0.29, 0.717) is 11.6 Å². The Hall–Kier alpha value is -3.62. The molecule has 136 valence electrons. The number of anilines is 3. The van der Waals surface area contributed by atoms with Crippen molar-refractivity contribution in [2.45, 2.75) is 0 Å². The number of amides is 1. The first-order chi connectivity index (χ1) is 13.3. The van der Waals surface area contributed by atoms with E-state index >= 15 is 0 Å². The first-order valence-electron chi connectivity index (χ1n) is 8.60. The molecule has 3 aromatic heterocycles. The molecule has 1 saturated heterocycles. The molecule has 0 atom stereocenters. The Morgan fingerprint density at radius 1 is 0.852 bits per heavy atom. The predicted octanol–water partition coefficient (Wildman–Crippen LogP) is 1.24. The van der Waals surface area contributed by atoms with Crippen LogP contribution in [0.2, 0.25) is 0 Å². The highest BCUT2D eigenvalue weighted by Gasteiger charge is 2.19. The Morgan fingerprint density at radius 2 is 1.63 bits per heavy atom. The van der Waals surface area contributed by atoms with Crippen LogP contribution >= 0.6 is 0 Å². The van der Waals surface area contributed by atoms with Crippen LogP contribution in [-0.2, 0) is 0 Å². The van der Waals surface area contributed by atoms with Gasteiger partial charge >= 0.3 is 0 Å². The molecule has 0 unspecified atom stereocenters. The monoisotopic (exact) mass is 362 g/mol. The van der Waals surface area contributed by atoms with E-state index in [1.165, 1.54) is 18.6 Å². The molecule has 0 aromatic carbocycles. The molecule has 1 aliphatic heterocycles. The molecule has 3 aromatic rings. The highest BCUT2D eigenvalue weighted by Crippen LogP contribution is 2.16. The number of hydrogen-bond donors (Lipinski definition) is 1. The van der Waals surface area contributed by atoms with Gasteiger partial charge in [0.2, 0.25) is 5.95 Å². The van der Waals surface area contributed by atoms with Gasteiger partial charge in [-0.1, -0.05) is 6.07 Å². The van der Waals surface area contributed by atoms with Crippen molar-refractivity contribution in [3.63, 3.8) is 0 Å². The summed E-state index contributed by atoms with van der Waals surface area (Å²) in [6.07, 6.45) is 9.40. The van der Waals surface area contributed by atoms with Crippen LogP contribution in [0, 0.1) is 0 Å². The first kappa shape index (κ1) is 16.8. The van der Waals surface area contributed by atoms with Gasteiger partial charge in [-0.15, -0.1) is 0 Å². The summed E-state index contributed by atoms with van der Waals surface area (Å²) in [6.45, 7) is 3.32. The lowest BCUT2D eigenvalue weighted by molar-refractivity contribution is 0.102. The van der Waals surface area contributed by atoms with Crippen LogP contribution in [-0.4, -0.2) is 57.0 Å². The van der Waals surface area contributed by atoms with E-state index in [4.69, 9.17) is 0 Å². The van der Waals surface area contributed by atoms with Gasteiger partial charge in [-0.05, 0) is 12.1 Å². The Balaban J connectivity index is 1.35. The van der Waals surface area contributed by atoms with E-state index in [1.807, 2.05) is 18.2 Å². The van der Waals surface area contributed by atoms with E-state index in [-0.39, 0.29) is 11.6 Å². The molecule has 0 aliphatic carbocycles. The molecule has 4 heterocycles. The smallest absolute Gasteiger partial charge is 0.275 e. The molecule has 1 N–H and O–H groups in total. The third kappa shape index (κ3) is 3.97. The van der Waals surface area contributed by atoms with Gasteiger partial charge in [-0.2, -0.15) is 0 Å². The molecular formula is C18H18N8O. The summed E-state index contributed by atoms with van der Waals surface area (Å²) in [5, 5.41) is 2.72. The number of nitrogens with one attached hydrogen (secondary N) is 1. The molecule has 4 rings (SSSR count). The fraction of sp³-hybridized carbons (Fsp3) is 0.222. The van der Waals surface area contributed by atoms with Gasteiger partial charge in [-0.25, -0.2) is 19.9 Å². The fourth-order valence-electron chi connectivity index (χ4n) is 2.84. The number of carbonyl (C=O) groups is 1. The minimum absolute atomic E-state index is 0.243. The van der Waals surface area contributed by atoms with Crippen LogP contribution in [0.3, 0.4) is 0 Å². The summed E-state index contributed by atoms with van der Waals surface area (Å²) in [6, 6.07) is 5.92. The maximum Gasteiger partial charge on any atom is 0.275 e. The Morgan fingerprint density at radius 3 is 2.30 bits per heavy atom. The van der Waals surface area contributed by atoms with E-state index < -0.39 is 0 Å². The molecule has 1 fully saturated rings. The predicted molar refractivity (Wildman–Crippen MR) is 101 cm³/mol. The Bertz CT molecular complexity index is 880. The summed E-state index contributed by atoms with van der Waals surface area (Å²) in [7, 11) is 0. The molecule has 1 amide bonds. The number of hydrogen-bond acceptors (Lipinski definition) is 8. The maximum absolute atomic E-state index is 12.1. The van der Waals surface area contributed by atoms with Crippen LogP contribution in [0.5, 0.6) is 0 Å². The topological polar surface area (TPSA) is 100 Å². The van der Waals surface area contributed by atoms with Crippen molar-refractivity contribution >= 4 is 23.4 Å². The number of rotatable bonds is 4.